The Balaban J connectivity index is 1.60. The van der Waals surface area contributed by atoms with Gasteiger partial charge in [0.25, 0.3) is 0 Å². The van der Waals surface area contributed by atoms with Crippen LogP contribution in [0.4, 0.5) is 11.4 Å². The molecule has 0 radical (unpaired) electrons. The van der Waals surface area contributed by atoms with Crippen LogP contribution in [0.5, 0.6) is 0 Å². The molecule has 0 unspecified atom stereocenters. The molecule has 0 bridgehead atoms. The van der Waals surface area contributed by atoms with Crippen molar-refractivity contribution >= 4 is 67.8 Å². The van der Waals surface area contributed by atoms with Gasteiger partial charge in [-0.05, 0) is 36.5 Å². The van der Waals surface area contributed by atoms with Gasteiger partial charge in [0.05, 0.1) is 15.7 Å². The molecule has 2 heterocycles. The Morgan fingerprint density at radius 2 is 1.62 bits per heavy atom. The molecule has 4 nitrogen and oxygen atoms in total. The van der Waals surface area contributed by atoms with Gasteiger partial charge in [-0.3, -0.25) is 4.98 Å². The summed E-state index contributed by atoms with van der Waals surface area (Å²) >= 11 is 21.4. The summed E-state index contributed by atoms with van der Waals surface area (Å²) in [4.78, 5) is 8.32. The van der Waals surface area contributed by atoms with E-state index in [-0.39, 0.29) is 0 Å². The Hall–Kier alpha value is -1.08. The van der Waals surface area contributed by atoms with Gasteiger partial charge in [0.1, 0.15) is 0 Å². The Kier molecular flexibility index (Phi) is 5.81. The van der Waals surface area contributed by atoms with Crippen LogP contribution < -0.4 is 10.2 Å². The number of aromatic nitrogens is 1. The summed E-state index contributed by atoms with van der Waals surface area (Å²) in [6, 6.07) is 7.94. The minimum absolute atomic E-state index is 0.575. The fraction of sp³-hybridized carbons (Fsp3) is 0.250. The smallest absolute Gasteiger partial charge is 0.173 e. The van der Waals surface area contributed by atoms with E-state index in [2.05, 4.69) is 36.0 Å². The molecule has 1 N–H and O–H groups in total. The number of halogens is 3. The summed E-state index contributed by atoms with van der Waals surface area (Å²) in [5, 5.41) is 5.15. The zero-order chi connectivity index (χ0) is 17.1. The summed E-state index contributed by atoms with van der Waals surface area (Å²) in [6.45, 7) is 3.20. The normalized spacial score (nSPS) is 14.6. The lowest BCUT2D eigenvalue weighted by molar-refractivity contribution is 0.391. The summed E-state index contributed by atoms with van der Waals surface area (Å²) in [7, 11) is 0. The van der Waals surface area contributed by atoms with E-state index in [1.165, 1.54) is 0 Å². The van der Waals surface area contributed by atoms with E-state index in [9.17, 15) is 0 Å². The average Bonchev–Trinajstić information content (AvgIpc) is 2.57. The second-order valence-electron chi connectivity index (χ2n) is 5.36. The Labute approximate surface area is 164 Å². The van der Waals surface area contributed by atoms with E-state index in [1.807, 2.05) is 24.3 Å². The molecule has 3 rings (SSSR count). The molecule has 126 valence electrons. The van der Waals surface area contributed by atoms with Crippen molar-refractivity contribution in [2.24, 2.45) is 0 Å². The van der Waals surface area contributed by atoms with Crippen molar-refractivity contribution in [3.8, 4) is 0 Å². The third kappa shape index (κ3) is 4.11. The highest BCUT2D eigenvalue weighted by molar-refractivity contribution is 9.10. The van der Waals surface area contributed by atoms with E-state index in [0.29, 0.717) is 10.0 Å². The molecule has 1 aliphatic heterocycles. The fourth-order valence-corrected chi connectivity index (χ4v) is 3.74. The van der Waals surface area contributed by atoms with Crippen LogP contribution in [0.15, 0.2) is 41.1 Å². The first kappa shape index (κ1) is 17.7. The number of thiocarbonyl (C=S) groups is 1. The van der Waals surface area contributed by atoms with Gasteiger partial charge in [-0.25, -0.2) is 0 Å². The largest absolute Gasteiger partial charge is 0.365 e. The number of rotatable bonds is 2. The summed E-state index contributed by atoms with van der Waals surface area (Å²) in [6.07, 6.45) is 3.24. The molecule has 0 amide bonds. The maximum Gasteiger partial charge on any atom is 0.173 e. The van der Waals surface area contributed by atoms with Crippen LogP contribution in [0.25, 0.3) is 0 Å². The molecule has 8 heteroatoms. The van der Waals surface area contributed by atoms with Crippen LogP contribution in [0, 0.1) is 0 Å². The monoisotopic (exact) mass is 444 g/mol. The fourth-order valence-electron chi connectivity index (χ4n) is 2.58. The van der Waals surface area contributed by atoms with Crippen molar-refractivity contribution in [2.45, 2.75) is 0 Å². The average molecular weight is 446 g/mol. The zero-order valence-corrected chi connectivity index (χ0v) is 16.6. The van der Waals surface area contributed by atoms with Crippen LogP contribution >= 0.6 is 51.3 Å². The van der Waals surface area contributed by atoms with Crippen LogP contribution in [0.2, 0.25) is 10.0 Å². The van der Waals surface area contributed by atoms with Crippen LogP contribution in [-0.2, 0) is 0 Å². The van der Waals surface area contributed by atoms with Crippen LogP contribution in [-0.4, -0.2) is 41.2 Å². The van der Waals surface area contributed by atoms with Gasteiger partial charge in [0.15, 0.2) is 5.11 Å². The van der Waals surface area contributed by atoms with Crippen LogP contribution in [0.3, 0.4) is 0 Å². The molecule has 0 aliphatic carbocycles. The van der Waals surface area contributed by atoms with Gasteiger partial charge in [-0.15, -0.1) is 0 Å². The van der Waals surface area contributed by atoms with Crippen molar-refractivity contribution < 1.29 is 0 Å². The van der Waals surface area contributed by atoms with Crippen molar-refractivity contribution in [2.75, 3.05) is 36.4 Å². The number of anilines is 2. The summed E-state index contributed by atoms with van der Waals surface area (Å²) < 4.78 is 1.04. The molecule has 0 saturated carbocycles. The second kappa shape index (κ2) is 7.87. The first-order valence-electron chi connectivity index (χ1n) is 7.40. The Morgan fingerprint density at radius 3 is 2.21 bits per heavy atom. The molecular formula is C16H15BrCl2N4S. The Morgan fingerprint density at radius 1 is 1.04 bits per heavy atom. The zero-order valence-electron chi connectivity index (χ0n) is 12.7. The van der Waals surface area contributed by atoms with Crippen molar-refractivity contribution in [1.82, 2.24) is 9.88 Å². The lowest BCUT2D eigenvalue weighted by Crippen LogP contribution is -2.50. The number of nitrogens with one attached hydrogen (secondary N) is 1. The molecule has 1 aliphatic rings. The number of pyridine rings is 1. The molecule has 0 atom stereocenters. The molecular weight excluding hydrogens is 431 g/mol. The predicted octanol–water partition coefficient (Wildman–Crippen LogP) is 4.67. The van der Waals surface area contributed by atoms with E-state index in [1.54, 1.807) is 12.4 Å². The van der Waals surface area contributed by atoms with Gasteiger partial charge in [0.2, 0.25) is 0 Å². The highest BCUT2D eigenvalue weighted by Crippen LogP contribution is 2.33. The van der Waals surface area contributed by atoms with E-state index in [0.717, 1.165) is 47.1 Å². The highest BCUT2D eigenvalue weighted by atomic mass is 79.9. The van der Waals surface area contributed by atoms with Gasteiger partial charge >= 0.3 is 0 Å². The Bertz CT molecular complexity index is 713. The molecule has 1 fully saturated rings. The van der Waals surface area contributed by atoms with Gasteiger partial charge in [-0.2, -0.15) is 0 Å². The number of hydrogen-bond acceptors (Lipinski definition) is 3. The van der Waals surface area contributed by atoms with Gasteiger partial charge < -0.3 is 15.1 Å². The van der Waals surface area contributed by atoms with Gasteiger partial charge in [0, 0.05) is 48.7 Å². The second-order valence-corrected chi connectivity index (χ2v) is 7.48. The maximum absolute atomic E-state index is 6.24. The van der Waals surface area contributed by atoms with Crippen LogP contribution in [0.1, 0.15) is 0 Å². The first-order valence-corrected chi connectivity index (χ1v) is 9.36. The molecule has 1 saturated heterocycles. The number of hydrogen-bond donors (Lipinski definition) is 1. The molecule has 2 aromatic rings. The van der Waals surface area contributed by atoms with Crippen molar-refractivity contribution in [3.05, 3.63) is 51.2 Å². The van der Waals surface area contributed by atoms with Crippen molar-refractivity contribution in [3.63, 3.8) is 0 Å². The first-order chi connectivity index (χ1) is 11.5. The minimum Gasteiger partial charge on any atom is -0.365 e. The lowest BCUT2D eigenvalue weighted by Gasteiger charge is -2.38. The quantitative estimate of drug-likeness (QED) is 0.678. The number of piperazine rings is 1. The van der Waals surface area contributed by atoms with Gasteiger partial charge in [-0.1, -0.05) is 39.1 Å². The molecule has 1 aromatic carbocycles. The minimum atomic E-state index is 0.575. The van der Waals surface area contributed by atoms with E-state index in [4.69, 9.17) is 35.4 Å². The summed E-state index contributed by atoms with van der Waals surface area (Å²) in [5.41, 5.74) is 1.82. The molecule has 24 heavy (non-hydrogen) atoms. The topological polar surface area (TPSA) is 31.4 Å². The molecule has 0 spiro atoms. The van der Waals surface area contributed by atoms with Crippen molar-refractivity contribution in [1.29, 1.82) is 0 Å². The third-order valence-corrected chi connectivity index (χ3v) is 5.25. The standard InChI is InChI=1S/C16H15BrCl2N4S/c17-11-1-3-12(4-2-11)21-16(24)23-7-5-22(6-8-23)15-13(18)9-20-10-14(15)19/h1-4,9-10H,5-8H2,(H,21,24). The maximum atomic E-state index is 6.24. The predicted molar refractivity (Wildman–Crippen MR) is 108 cm³/mol. The lowest BCUT2D eigenvalue weighted by atomic mass is 10.2. The molecule has 1 aromatic heterocycles. The number of nitrogens with zero attached hydrogens (tertiary/aromatic N) is 3. The van der Waals surface area contributed by atoms with E-state index >= 15 is 0 Å². The summed E-state index contributed by atoms with van der Waals surface area (Å²) in [5.74, 6) is 0. The SMILES string of the molecule is S=C(Nc1ccc(Br)cc1)N1CCN(c2c(Cl)cncc2Cl)CC1. The third-order valence-electron chi connectivity index (χ3n) is 3.81. The highest BCUT2D eigenvalue weighted by Gasteiger charge is 2.22. The van der Waals surface area contributed by atoms with E-state index < -0.39 is 0 Å². The number of benzene rings is 1.